The first-order valence-electron chi connectivity index (χ1n) is 7.45. The first-order valence-corrected chi connectivity index (χ1v) is 7.45. The van der Waals surface area contributed by atoms with Gasteiger partial charge in [-0.05, 0) is 17.7 Å². The van der Waals surface area contributed by atoms with E-state index in [1.54, 1.807) is 6.33 Å². The molecule has 0 amide bonds. The van der Waals surface area contributed by atoms with Gasteiger partial charge in [-0.2, -0.15) is 0 Å². The van der Waals surface area contributed by atoms with E-state index in [0.717, 1.165) is 49.2 Å². The molecule has 0 aliphatic carbocycles. The average molecular weight is 299 g/mol. The fraction of sp³-hybridized carbons (Fsp3) is 0.375. The van der Waals surface area contributed by atoms with Crippen molar-refractivity contribution in [3.05, 3.63) is 42.2 Å². The Kier molecular flexibility index (Phi) is 4.50. The Morgan fingerprint density at radius 2 is 2.05 bits per heavy atom. The SMILES string of the molecule is CN(c1cccc(CN)c1)c1cc(N2CCOCC2)ncn1. The van der Waals surface area contributed by atoms with Crippen molar-refractivity contribution in [2.75, 3.05) is 43.2 Å². The molecule has 0 radical (unpaired) electrons. The third-order valence-corrected chi connectivity index (χ3v) is 3.85. The lowest BCUT2D eigenvalue weighted by molar-refractivity contribution is 0.122. The van der Waals surface area contributed by atoms with Crippen molar-refractivity contribution in [3.63, 3.8) is 0 Å². The molecule has 1 aromatic heterocycles. The molecule has 1 aliphatic rings. The number of hydrogen-bond donors (Lipinski definition) is 1. The van der Waals surface area contributed by atoms with Gasteiger partial charge in [0, 0.05) is 38.4 Å². The van der Waals surface area contributed by atoms with Crippen LogP contribution < -0.4 is 15.5 Å². The lowest BCUT2D eigenvalue weighted by Crippen LogP contribution is -2.36. The van der Waals surface area contributed by atoms with Crippen molar-refractivity contribution < 1.29 is 4.74 Å². The minimum Gasteiger partial charge on any atom is -0.378 e. The smallest absolute Gasteiger partial charge is 0.138 e. The lowest BCUT2D eigenvalue weighted by Gasteiger charge is -2.28. The van der Waals surface area contributed by atoms with Gasteiger partial charge in [0.15, 0.2) is 0 Å². The summed E-state index contributed by atoms with van der Waals surface area (Å²) < 4.78 is 5.39. The second-order valence-corrected chi connectivity index (χ2v) is 5.27. The van der Waals surface area contributed by atoms with E-state index in [0.29, 0.717) is 6.54 Å². The van der Waals surface area contributed by atoms with Crippen molar-refractivity contribution in [2.24, 2.45) is 5.73 Å². The van der Waals surface area contributed by atoms with Crippen molar-refractivity contribution >= 4 is 17.3 Å². The molecule has 6 nitrogen and oxygen atoms in total. The Morgan fingerprint density at radius 3 is 2.82 bits per heavy atom. The van der Waals surface area contributed by atoms with E-state index in [4.69, 9.17) is 10.5 Å². The summed E-state index contributed by atoms with van der Waals surface area (Å²) in [6.07, 6.45) is 1.61. The van der Waals surface area contributed by atoms with Crippen LogP contribution in [0.25, 0.3) is 0 Å². The van der Waals surface area contributed by atoms with Crippen LogP contribution in [-0.4, -0.2) is 43.3 Å². The predicted molar refractivity (Wildman–Crippen MR) is 87.5 cm³/mol. The van der Waals surface area contributed by atoms with E-state index in [1.165, 1.54) is 0 Å². The topological polar surface area (TPSA) is 67.5 Å². The molecule has 0 unspecified atom stereocenters. The van der Waals surface area contributed by atoms with Gasteiger partial charge in [-0.1, -0.05) is 12.1 Å². The van der Waals surface area contributed by atoms with E-state index in [2.05, 4.69) is 27.0 Å². The highest BCUT2D eigenvalue weighted by atomic mass is 16.5. The van der Waals surface area contributed by atoms with E-state index in [9.17, 15) is 0 Å². The summed E-state index contributed by atoms with van der Waals surface area (Å²) in [7, 11) is 2.00. The number of nitrogens with zero attached hydrogens (tertiary/aromatic N) is 4. The standard InChI is InChI=1S/C16H21N5O/c1-20(14-4-2-3-13(9-14)11-17)15-10-16(19-12-18-15)21-5-7-22-8-6-21/h2-4,9-10,12H,5-8,11,17H2,1H3. The maximum atomic E-state index is 5.72. The highest BCUT2D eigenvalue weighted by Crippen LogP contribution is 2.25. The maximum Gasteiger partial charge on any atom is 0.138 e. The zero-order chi connectivity index (χ0) is 15.4. The number of nitrogens with two attached hydrogens (primary N) is 1. The summed E-state index contributed by atoms with van der Waals surface area (Å²) in [6.45, 7) is 3.75. The van der Waals surface area contributed by atoms with Crippen LogP contribution in [0.3, 0.4) is 0 Å². The summed E-state index contributed by atoms with van der Waals surface area (Å²) >= 11 is 0. The Hall–Kier alpha value is -2.18. The fourth-order valence-electron chi connectivity index (χ4n) is 2.51. The number of rotatable bonds is 4. The van der Waals surface area contributed by atoms with Crippen LogP contribution in [-0.2, 0) is 11.3 Å². The van der Waals surface area contributed by atoms with Gasteiger partial charge < -0.3 is 20.3 Å². The van der Waals surface area contributed by atoms with Crippen LogP contribution in [0.1, 0.15) is 5.56 Å². The second kappa shape index (κ2) is 6.72. The van der Waals surface area contributed by atoms with E-state index < -0.39 is 0 Å². The zero-order valence-corrected chi connectivity index (χ0v) is 12.8. The first-order chi connectivity index (χ1) is 10.8. The maximum absolute atomic E-state index is 5.72. The molecule has 22 heavy (non-hydrogen) atoms. The summed E-state index contributed by atoms with van der Waals surface area (Å²) in [5.74, 6) is 1.81. The normalized spacial score (nSPS) is 14.9. The molecule has 1 fully saturated rings. The van der Waals surface area contributed by atoms with Crippen LogP contribution in [0.2, 0.25) is 0 Å². The molecule has 6 heteroatoms. The quantitative estimate of drug-likeness (QED) is 0.923. The Balaban J connectivity index is 1.84. The number of hydrogen-bond acceptors (Lipinski definition) is 6. The highest BCUT2D eigenvalue weighted by Gasteiger charge is 2.14. The van der Waals surface area contributed by atoms with E-state index in [1.807, 2.05) is 30.1 Å². The molecule has 116 valence electrons. The van der Waals surface area contributed by atoms with Crippen LogP contribution in [0, 0.1) is 0 Å². The minimum atomic E-state index is 0.532. The number of anilines is 3. The molecule has 0 saturated carbocycles. The average Bonchev–Trinajstić information content (AvgIpc) is 2.62. The molecular formula is C16H21N5O. The van der Waals surface area contributed by atoms with Gasteiger partial charge in [-0.3, -0.25) is 0 Å². The van der Waals surface area contributed by atoms with Gasteiger partial charge in [0.25, 0.3) is 0 Å². The van der Waals surface area contributed by atoms with Crippen LogP contribution in [0.4, 0.5) is 17.3 Å². The monoisotopic (exact) mass is 299 g/mol. The van der Waals surface area contributed by atoms with Crippen molar-refractivity contribution in [3.8, 4) is 0 Å². The first kappa shape index (κ1) is 14.7. The summed E-state index contributed by atoms with van der Waals surface area (Å²) in [5.41, 5.74) is 7.88. The minimum absolute atomic E-state index is 0.532. The molecule has 2 N–H and O–H groups in total. The molecule has 1 aliphatic heterocycles. The Morgan fingerprint density at radius 1 is 1.23 bits per heavy atom. The molecular weight excluding hydrogens is 278 g/mol. The second-order valence-electron chi connectivity index (χ2n) is 5.27. The van der Waals surface area contributed by atoms with Gasteiger partial charge in [0.05, 0.1) is 13.2 Å². The van der Waals surface area contributed by atoms with Gasteiger partial charge in [-0.15, -0.1) is 0 Å². The Labute approximate surface area is 130 Å². The van der Waals surface area contributed by atoms with Crippen LogP contribution in [0.5, 0.6) is 0 Å². The molecule has 3 rings (SSSR count). The predicted octanol–water partition coefficient (Wildman–Crippen LogP) is 1.54. The molecule has 0 bridgehead atoms. The molecule has 1 aromatic carbocycles. The van der Waals surface area contributed by atoms with E-state index >= 15 is 0 Å². The molecule has 0 spiro atoms. The van der Waals surface area contributed by atoms with Crippen LogP contribution in [0.15, 0.2) is 36.7 Å². The third-order valence-electron chi connectivity index (χ3n) is 3.85. The number of morpholine rings is 1. The van der Waals surface area contributed by atoms with Gasteiger partial charge in [-0.25, -0.2) is 9.97 Å². The van der Waals surface area contributed by atoms with Gasteiger partial charge in [0.2, 0.25) is 0 Å². The number of aromatic nitrogens is 2. The number of benzene rings is 1. The zero-order valence-electron chi connectivity index (χ0n) is 12.8. The van der Waals surface area contributed by atoms with Crippen molar-refractivity contribution in [2.45, 2.75) is 6.54 Å². The van der Waals surface area contributed by atoms with Crippen LogP contribution >= 0.6 is 0 Å². The molecule has 0 atom stereocenters. The van der Waals surface area contributed by atoms with Gasteiger partial charge in [0.1, 0.15) is 18.0 Å². The van der Waals surface area contributed by atoms with Gasteiger partial charge >= 0.3 is 0 Å². The number of ether oxygens (including phenoxy) is 1. The molecule has 1 saturated heterocycles. The fourth-order valence-corrected chi connectivity index (χ4v) is 2.51. The van der Waals surface area contributed by atoms with Crippen molar-refractivity contribution in [1.82, 2.24) is 9.97 Å². The highest BCUT2D eigenvalue weighted by molar-refractivity contribution is 5.62. The largest absolute Gasteiger partial charge is 0.378 e. The lowest BCUT2D eigenvalue weighted by atomic mass is 10.2. The summed E-state index contributed by atoms with van der Waals surface area (Å²) in [5, 5.41) is 0. The van der Waals surface area contributed by atoms with E-state index in [-0.39, 0.29) is 0 Å². The molecule has 2 aromatic rings. The summed E-state index contributed by atoms with van der Waals surface area (Å²) in [4.78, 5) is 13.0. The summed E-state index contributed by atoms with van der Waals surface area (Å²) in [6, 6.07) is 10.2. The molecule has 2 heterocycles. The van der Waals surface area contributed by atoms with Crippen molar-refractivity contribution in [1.29, 1.82) is 0 Å². The third kappa shape index (κ3) is 3.18. The Bertz CT molecular complexity index is 627.